The molecule has 0 spiro atoms. The molecule has 0 atom stereocenters. The number of fused-ring (bicyclic) bond motifs is 1. The van der Waals surface area contributed by atoms with Gasteiger partial charge in [0.15, 0.2) is 11.5 Å². The molecular weight excluding hydrogens is 296 g/mol. The van der Waals surface area contributed by atoms with Gasteiger partial charge >= 0.3 is 0 Å². The molecule has 0 unspecified atom stereocenters. The lowest BCUT2D eigenvalue weighted by atomic mass is 9.86. The SMILES string of the molecule is COc1cc2c(cc1OC)C(=[NH+]CCCC(=O)[O-])NC(C)(C)C2. The quantitative estimate of drug-likeness (QED) is 0.656. The number of ether oxygens (including phenoxy) is 2. The summed E-state index contributed by atoms with van der Waals surface area (Å²) in [4.78, 5) is 13.8. The largest absolute Gasteiger partial charge is 0.550 e. The summed E-state index contributed by atoms with van der Waals surface area (Å²) in [5.74, 6) is 1.23. The number of carboxylic acids is 1. The van der Waals surface area contributed by atoms with E-state index in [1.165, 1.54) is 0 Å². The molecule has 0 saturated heterocycles. The molecule has 126 valence electrons. The fourth-order valence-corrected chi connectivity index (χ4v) is 2.81. The summed E-state index contributed by atoms with van der Waals surface area (Å²) in [6.07, 6.45) is 1.41. The predicted molar refractivity (Wildman–Crippen MR) is 84.6 cm³/mol. The van der Waals surface area contributed by atoms with Gasteiger partial charge in [0.05, 0.1) is 26.3 Å². The molecule has 0 radical (unpaired) electrons. The summed E-state index contributed by atoms with van der Waals surface area (Å²) in [6.45, 7) is 4.80. The van der Waals surface area contributed by atoms with Crippen LogP contribution in [0.25, 0.3) is 0 Å². The maximum atomic E-state index is 10.5. The molecule has 1 aliphatic rings. The minimum absolute atomic E-state index is 0.0441. The molecule has 0 aliphatic carbocycles. The normalized spacial score (nSPS) is 17.3. The van der Waals surface area contributed by atoms with Gasteiger partial charge in [-0.05, 0) is 44.4 Å². The van der Waals surface area contributed by atoms with E-state index in [-0.39, 0.29) is 12.0 Å². The van der Waals surface area contributed by atoms with Crippen molar-refractivity contribution in [1.29, 1.82) is 0 Å². The Morgan fingerprint density at radius 2 is 1.96 bits per heavy atom. The van der Waals surface area contributed by atoms with Gasteiger partial charge in [0.1, 0.15) is 5.54 Å². The average Bonchev–Trinajstić information content (AvgIpc) is 2.48. The minimum atomic E-state index is -1.03. The second kappa shape index (κ2) is 6.89. The highest BCUT2D eigenvalue weighted by Gasteiger charge is 2.35. The van der Waals surface area contributed by atoms with Crippen molar-refractivity contribution in [2.45, 2.75) is 38.6 Å². The van der Waals surface area contributed by atoms with E-state index in [0.29, 0.717) is 24.5 Å². The van der Waals surface area contributed by atoms with Crippen LogP contribution in [-0.4, -0.2) is 38.1 Å². The highest BCUT2D eigenvalue weighted by atomic mass is 16.5. The fraction of sp³-hybridized carbons (Fsp3) is 0.529. The number of methoxy groups -OCH3 is 2. The number of benzene rings is 1. The number of hydrogen-bond donors (Lipinski definition) is 2. The number of hydrogen-bond acceptors (Lipinski definition) is 4. The first kappa shape index (κ1) is 17.1. The van der Waals surface area contributed by atoms with Crippen LogP contribution in [0, 0.1) is 0 Å². The molecule has 1 aliphatic heterocycles. The van der Waals surface area contributed by atoms with Crippen molar-refractivity contribution in [2.24, 2.45) is 0 Å². The van der Waals surface area contributed by atoms with Gasteiger partial charge in [0.25, 0.3) is 5.84 Å². The lowest BCUT2D eigenvalue weighted by Crippen LogP contribution is -2.79. The summed E-state index contributed by atoms with van der Waals surface area (Å²) in [5.41, 5.74) is 2.08. The van der Waals surface area contributed by atoms with Gasteiger partial charge in [-0.25, -0.2) is 0 Å². The third-order valence-electron chi connectivity index (χ3n) is 3.83. The third-order valence-corrected chi connectivity index (χ3v) is 3.83. The molecule has 0 fully saturated rings. The van der Waals surface area contributed by atoms with E-state index in [2.05, 4.69) is 24.2 Å². The van der Waals surface area contributed by atoms with Gasteiger partial charge in [-0.1, -0.05) is 0 Å². The van der Waals surface area contributed by atoms with E-state index in [4.69, 9.17) is 9.47 Å². The molecule has 1 aromatic carbocycles. The molecule has 23 heavy (non-hydrogen) atoms. The van der Waals surface area contributed by atoms with Crippen LogP contribution >= 0.6 is 0 Å². The zero-order chi connectivity index (χ0) is 17.0. The molecule has 0 saturated carbocycles. The van der Waals surface area contributed by atoms with Crippen molar-refractivity contribution in [3.8, 4) is 11.5 Å². The monoisotopic (exact) mass is 320 g/mol. The zero-order valence-electron chi connectivity index (χ0n) is 14.1. The van der Waals surface area contributed by atoms with Crippen LogP contribution in [-0.2, 0) is 11.2 Å². The van der Waals surface area contributed by atoms with Crippen molar-refractivity contribution >= 4 is 11.8 Å². The van der Waals surface area contributed by atoms with E-state index in [0.717, 1.165) is 23.4 Å². The summed E-state index contributed by atoms with van der Waals surface area (Å²) in [7, 11) is 3.23. The van der Waals surface area contributed by atoms with E-state index in [1.54, 1.807) is 14.2 Å². The number of aliphatic carboxylic acids is 1. The van der Waals surface area contributed by atoms with Gasteiger partial charge in [0.2, 0.25) is 0 Å². The van der Waals surface area contributed by atoms with Crippen LogP contribution in [0.2, 0.25) is 0 Å². The van der Waals surface area contributed by atoms with Gasteiger partial charge in [0, 0.05) is 12.4 Å². The summed E-state index contributed by atoms with van der Waals surface area (Å²) < 4.78 is 10.8. The van der Waals surface area contributed by atoms with E-state index < -0.39 is 5.97 Å². The number of rotatable bonds is 6. The van der Waals surface area contributed by atoms with Gasteiger partial charge in [-0.15, -0.1) is 0 Å². The minimum Gasteiger partial charge on any atom is -0.550 e. The van der Waals surface area contributed by atoms with Crippen LogP contribution in [0.5, 0.6) is 11.5 Å². The average molecular weight is 320 g/mol. The Kier molecular flexibility index (Phi) is 5.13. The first-order valence-electron chi connectivity index (χ1n) is 7.70. The van der Waals surface area contributed by atoms with E-state index in [9.17, 15) is 9.90 Å². The lowest BCUT2D eigenvalue weighted by Gasteiger charge is -2.29. The van der Waals surface area contributed by atoms with E-state index in [1.807, 2.05) is 12.1 Å². The number of carboxylic acid groups (broad SMARTS) is 1. The molecule has 0 aromatic heterocycles. The Balaban J connectivity index is 2.34. The Morgan fingerprint density at radius 1 is 1.30 bits per heavy atom. The lowest BCUT2D eigenvalue weighted by molar-refractivity contribution is -0.460. The Hall–Kier alpha value is -2.24. The molecule has 1 aromatic rings. The van der Waals surface area contributed by atoms with Crippen molar-refractivity contribution in [1.82, 2.24) is 5.32 Å². The Labute approximate surface area is 136 Å². The zero-order valence-corrected chi connectivity index (χ0v) is 14.1. The van der Waals surface area contributed by atoms with Crippen molar-refractivity contribution < 1.29 is 24.4 Å². The topological polar surface area (TPSA) is 84.6 Å². The maximum Gasteiger partial charge on any atom is 0.275 e. The summed E-state index contributed by atoms with van der Waals surface area (Å²) >= 11 is 0. The second-order valence-corrected chi connectivity index (χ2v) is 6.33. The van der Waals surface area contributed by atoms with Gasteiger partial charge in [-0.3, -0.25) is 10.3 Å². The fourth-order valence-electron chi connectivity index (χ4n) is 2.81. The molecule has 2 rings (SSSR count). The van der Waals surface area contributed by atoms with Crippen LogP contribution in [0.3, 0.4) is 0 Å². The second-order valence-electron chi connectivity index (χ2n) is 6.33. The van der Waals surface area contributed by atoms with Gasteiger partial charge in [-0.2, -0.15) is 0 Å². The van der Waals surface area contributed by atoms with E-state index >= 15 is 0 Å². The third kappa shape index (κ3) is 4.15. The maximum absolute atomic E-state index is 10.5. The highest BCUT2D eigenvalue weighted by Crippen LogP contribution is 2.33. The molecule has 1 heterocycles. The van der Waals surface area contributed by atoms with Crippen LogP contribution in [0.15, 0.2) is 12.1 Å². The predicted octanol–water partition coefficient (Wildman–Crippen LogP) is -1.01. The van der Waals surface area contributed by atoms with Gasteiger partial charge < -0.3 is 19.4 Å². The molecule has 2 N–H and O–H groups in total. The summed E-state index contributed by atoms with van der Waals surface area (Å²) in [5, 5.41) is 14.0. The highest BCUT2D eigenvalue weighted by molar-refractivity contribution is 5.98. The van der Waals surface area contributed by atoms with Crippen molar-refractivity contribution in [3.63, 3.8) is 0 Å². The van der Waals surface area contributed by atoms with Crippen molar-refractivity contribution in [3.05, 3.63) is 23.3 Å². The van der Waals surface area contributed by atoms with Crippen molar-refractivity contribution in [2.75, 3.05) is 20.8 Å². The molecule has 6 heteroatoms. The van der Waals surface area contributed by atoms with Crippen LogP contribution in [0.1, 0.15) is 37.8 Å². The number of nitrogens with one attached hydrogen (secondary N) is 2. The molecule has 0 amide bonds. The number of carbonyl (C=O) groups excluding carboxylic acids is 1. The van der Waals surface area contributed by atoms with Crippen LogP contribution in [0.4, 0.5) is 0 Å². The smallest absolute Gasteiger partial charge is 0.275 e. The standard InChI is InChI=1S/C17H24N2O4/c1-17(2)10-11-8-13(22-3)14(23-4)9-12(11)16(19-17)18-7-5-6-15(20)21/h8-9H,5-7,10H2,1-4H3,(H,18,19)(H,20,21). The number of carbonyl (C=O) groups is 1. The van der Waals surface area contributed by atoms with Crippen LogP contribution < -0.4 is 24.9 Å². The Morgan fingerprint density at radius 3 is 2.57 bits per heavy atom. The molecular formula is C17H24N2O4. The molecule has 0 bridgehead atoms. The number of amidine groups is 1. The first-order valence-corrected chi connectivity index (χ1v) is 7.70. The summed E-state index contributed by atoms with van der Waals surface area (Å²) in [6, 6.07) is 3.94. The molecule has 6 nitrogen and oxygen atoms in total. The first-order chi connectivity index (χ1) is 10.9. The Bertz CT molecular complexity index is 623.